The molecule has 0 fully saturated rings. The lowest BCUT2D eigenvalue weighted by Crippen LogP contribution is -2.02. The van der Waals surface area contributed by atoms with E-state index in [2.05, 4.69) is 44.2 Å². The van der Waals surface area contributed by atoms with Crippen molar-refractivity contribution in [1.82, 2.24) is 0 Å². The summed E-state index contributed by atoms with van der Waals surface area (Å²) in [6.45, 7) is 4.33. The van der Waals surface area contributed by atoms with Crippen molar-refractivity contribution in [3.05, 3.63) is 69.2 Å². The van der Waals surface area contributed by atoms with Crippen LogP contribution in [0.1, 0.15) is 42.4 Å². The molecule has 0 saturated carbocycles. The minimum Gasteiger partial charge on any atom is -0.198 e. The van der Waals surface area contributed by atoms with E-state index in [1.54, 1.807) is 18.2 Å². The highest BCUT2D eigenvalue weighted by atomic mass is 35.5. The van der Waals surface area contributed by atoms with Gasteiger partial charge < -0.3 is 0 Å². The Morgan fingerprint density at radius 3 is 2.05 bits per heavy atom. The Hall–Kier alpha value is -1.49. The molecule has 0 amide bonds. The first-order chi connectivity index (χ1) is 10.0. The van der Waals surface area contributed by atoms with Gasteiger partial charge in [-0.1, -0.05) is 67.4 Å². The van der Waals surface area contributed by atoms with Gasteiger partial charge in [0.15, 0.2) is 0 Å². The van der Waals surface area contributed by atoms with E-state index >= 15 is 0 Å². The summed E-state index contributed by atoms with van der Waals surface area (Å²) in [6, 6.07) is 16.0. The molecule has 1 atom stereocenters. The van der Waals surface area contributed by atoms with Crippen molar-refractivity contribution >= 4 is 23.2 Å². The highest BCUT2D eigenvalue weighted by Crippen LogP contribution is 2.33. The number of nitriles is 1. The Bertz CT molecular complexity index is 634. The van der Waals surface area contributed by atoms with Crippen LogP contribution in [-0.4, -0.2) is 0 Å². The molecule has 0 spiro atoms. The molecule has 3 heteroatoms. The standard InChI is InChI=1S/C18H17Cl2N/c1-12(2)14-8-6-13(7-9-14)10-15(11-21)18-16(19)4-3-5-17(18)20/h3-9,12,15H,10H2,1-2H3. The van der Waals surface area contributed by atoms with Crippen LogP contribution in [0.25, 0.3) is 0 Å². The van der Waals surface area contributed by atoms with Gasteiger partial charge in [-0.2, -0.15) is 5.26 Å². The summed E-state index contributed by atoms with van der Waals surface area (Å²) in [5.41, 5.74) is 3.13. The first-order valence-corrected chi connectivity index (χ1v) is 7.71. The molecule has 0 radical (unpaired) electrons. The summed E-state index contributed by atoms with van der Waals surface area (Å²) in [5.74, 6) is 0.167. The molecule has 0 N–H and O–H groups in total. The molecule has 0 heterocycles. The average molecular weight is 318 g/mol. The quantitative estimate of drug-likeness (QED) is 0.681. The predicted octanol–water partition coefficient (Wildman–Crippen LogP) is 5.97. The zero-order chi connectivity index (χ0) is 15.4. The number of rotatable bonds is 4. The fourth-order valence-electron chi connectivity index (χ4n) is 2.33. The summed E-state index contributed by atoms with van der Waals surface area (Å²) in [4.78, 5) is 0. The van der Waals surface area contributed by atoms with Crippen molar-refractivity contribution in [3.8, 4) is 6.07 Å². The van der Waals surface area contributed by atoms with E-state index in [0.717, 1.165) is 11.1 Å². The molecule has 2 aromatic rings. The fraction of sp³-hybridized carbons (Fsp3) is 0.278. The number of hydrogen-bond donors (Lipinski definition) is 0. The molecule has 0 aromatic heterocycles. The van der Waals surface area contributed by atoms with Gasteiger partial charge in [0, 0.05) is 15.6 Å². The van der Waals surface area contributed by atoms with Crippen LogP contribution in [0.5, 0.6) is 0 Å². The average Bonchev–Trinajstić information content (AvgIpc) is 2.46. The summed E-state index contributed by atoms with van der Waals surface area (Å²) >= 11 is 12.4. The van der Waals surface area contributed by atoms with Crippen molar-refractivity contribution in [3.63, 3.8) is 0 Å². The van der Waals surface area contributed by atoms with E-state index in [1.165, 1.54) is 5.56 Å². The normalized spacial score (nSPS) is 12.2. The Morgan fingerprint density at radius 2 is 1.57 bits per heavy atom. The first-order valence-electron chi connectivity index (χ1n) is 6.95. The van der Waals surface area contributed by atoms with Gasteiger partial charge in [-0.05, 0) is 35.6 Å². The highest BCUT2D eigenvalue weighted by molar-refractivity contribution is 6.36. The third-order valence-corrected chi connectivity index (χ3v) is 4.25. The van der Waals surface area contributed by atoms with Crippen LogP contribution in [0.3, 0.4) is 0 Å². The van der Waals surface area contributed by atoms with E-state index < -0.39 is 0 Å². The van der Waals surface area contributed by atoms with E-state index in [-0.39, 0.29) is 5.92 Å². The first kappa shape index (κ1) is 15.9. The second kappa shape index (κ2) is 6.98. The van der Waals surface area contributed by atoms with Crippen molar-refractivity contribution < 1.29 is 0 Å². The SMILES string of the molecule is CC(C)c1ccc(CC(C#N)c2c(Cl)cccc2Cl)cc1. The summed E-state index contributed by atoms with van der Waals surface area (Å²) < 4.78 is 0. The minimum absolute atomic E-state index is 0.337. The fourth-order valence-corrected chi connectivity index (χ4v) is 2.99. The van der Waals surface area contributed by atoms with Crippen molar-refractivity contribution in [1.29, 1.82) is 5.26 Å². The monoisotopic (exact) mass is 317 g/mol. The van der Waals surface area contributed by atoms with Crippen LogP contribution in [-0.2, 0) is 6.42 Å². The maximum Gasteiger partial charge on any atom is 0.0782 e. The zero-order valence-corrected chi connectivity index (χ0v) is 13.6. The smallest absolute Gasteiger partial charge is 0.0782 e. The molecular weight excluding hydrogens is 301 g/mol. The van der Waals surface area contributed by atoms with Crippen LogP contribution < -0.4 is 0 Å². The maximum absolute atomic E-state index is 9.47. The van der Waals surface area contributed by atoms with Gasteiger partial charge in [-0.15, -0.1) is 0 Å². The van der Waals surface area contributed by atoms with Crippen LogP contribution in [0.2, 0.25) is 10.0 Å². The number of hydrogen-bond acceptors (Lipinski definition) is 1. The Balaban J connectivity index is 2.26. The summed E-state index contributed by atoms with van der Waals surface area (Å²) in [7, 11) is 0. The molecule has 2 rings (SSSR count). The number of nitrogens with zero attached hydrogens (tertiary/aromatic N) is 1. The topological polar surface area (TPSA) is 23.8 Å². The van der Waals surface area contributed by atoms with Gasteiger partial charge in [-0.25, -0.2) is 0 Å². The summed E-state index contributed by atoms with van der Waals surface area (Å²) in [5, 5.41) is 10.6. The van der Waals surface area contributed by atoms with Crippen LogP contribution in [0.4, 0.5) is 0 Å². The lowest BCUT2D eigenvalue weighted by atomic mass is 9.92. The molecular formula is C18H17Cl2N. The molecule has 0 saturated heterocycles. The zero-order valence-electron chi connectivity index (χ0n) is 12.1. The van der Waals surface area contributed by atoms with Crippen LogP contribution >= 0.6 is 23.2 Å². The lowest BCUT2D eigenvalue weighted by molar-refractivity contribution is 0.839. The van der Waals surface area contributed by atoms with Crippen molar-refractivity contribution in [2.75, 3.05) is 0 Å². The van der Waals surface area contributed by atoms with Gasteiger partial charge in [0.25, 0.3) is 0 Å². The van der Waals surface area contributed by atoms with Crippen LogP contribution in [0, 0.1) is 11.3 Å². The second-order valence-corrected chi connectivity index (χ2v) is 6.23. The number of benzene rings is 2. The molecule has 1 unspecified atom stereocenters. The van der Waals surface area contributed by atoms with Gasteiger partial charge >= 0.3 is 0 Å². The van der Waals surface area contributed by atoms with E-state index in [0.29, 0.717) is 22.4 Å². The Kier molecular flexibility index (Phi) is 5.28. The lowest BCUT2D eigenvalue weighted by Gasteiger charge is -2.14. The van der Waals surface area contributed by atoms with Gasteiger partial charge in [-0.3, -0.25) is 0 Å². The molecule has 1 nitrogen and oxygen atoms in total. The van der Waals surface area contributed by atoms with E-state index in [4.69, 9.17) is 23.2 Å². The Labute approximate surface area is 136 Å². The third kappa shape index (κ3) is 3.79. The summed E-state index contributed by atoms with van der Waals surface area (Å²) in [6.07, 6.45) is 0.609. The highest BCUT2D eigenvalue weighted by Gasteiger charge is 2.18. The van der Waals surface area contributed by atoms with E-state index in [1.807, 2.05) is 0 Å². The molecule has 0 aliphatic heterocycles. The minimum atomic E-state index is -0.337. The largest absolute Gasteiger partial charge is 0.198 e. The molecule has 2 aromatic carbocycles. The van der Waals surface area contributed by atoms with Crippen molar-refractivity contribution in [2.45, 2.75) is 32.1 Å². The van der Waals surface area contributed by atoms with Crippen LogP contribution in [0.15, 0.2) is 42.5 Å². The van der Waals surface area contributed by atoms with Crippen molar-refractivity contribution in [2.24, 2.45) is 0 Å². The van der Waals surface area contributed by atoms with Gasteiger partial charge in [0.2, 0.25) is 0 Å². The third-order valence-electron chi connectivity index (χ3n) is 3.59. The van der Waals surface area contributed by atoms with Gasteiger partial charge in [0.1, 0.15) is 0 Å². The van der Waals surface area contributed by atoms with Gasteiger partial charge in [0.05, 0.1) is 12.0 Å². The Morgan fingerprint density at radius 1 is 1.00 bits per heavy atom. The molecule has 0 aliphatic rings. The predicted molar refractivity (Wildman–Crippen MR) is 89.1 cm³/mol. The molecule has 0 aliphatic carbocycles. The molecule has 0 bridgehead atoms. The molecule has 21 heavy (non-hydrogen) atoms. The molecule has 108 valence electrons. The maximum atomic E-state index is 9.47. The second-order valence-electron chi connectivity index (χ2n) is 5.42. The van der Waals surface area contributed by atoms with E-state index in [9.17, 15) is 5.26 Å². The number of halogens is 2.